The van der Waals surface area contributed by atoms with Crippen molar-refractivity contribution in [1.29, 1.82) is 0 Å². The van der Waals surface area contributed by atoms with Crippen LogP contribution in [0.1, 0.15) is 25.3 Å². The molecule has 1 atom stereocenters. The number of fused-ring (bicyclic) bond motifs is 1. The number of alkyl halides is 2. The minimum atomic E-state index is -2.92. The molecule has 1 aromatic rings. The zero-order valence-corrected chi connectivity index (χ0v) is 15.8. The van der Waals surface area contributed by atoms with E-state index in [1.54, 1.807) is 13.1 Å². The third-order valence-corrected chi connectivity index (χ3v) is 4.82. The Bertz CT molecular complexity index is 683. The van der Waals surface area contributed by atoms with E-state index in [0.29, 0.717) is 35.1 Å². The molecular formula is C18H26F2N4O3. The molecule has 1 unspecified atom stereocenters. The van der Waals surface area contributed by atoms with E-state index in [0.717, 1.165) is 6.54 Å². The van der Waals surface area contributed by atoms with Crippen molar-refractivity contribution in [3.05, 3.63) is 17.7 Å². The van der Waals surface area contributed by atoms with Crippen LogP contribution in [0.5, 0.6) is 17.2 Å². The third-order valence-electron chi connectivity index (χ3n) is 4.82. The molecule has 0 aromatic heterocycles. The number of aliphatic imine (C=N–C) groups is 1. The predicted molar refractivity (Wildman–Crippen MR) is 97.6 cm³/mol. The Kier molecular flexibility index (Phi) is 6.20. The molecule has 1 aromatic carbocycles. The number of hydrogen-bond donors (Lipinski definition) is 2. The summed E-state index contributed by atoms with van der Waals surface area (Å²) in [4.78, 5) is 6.54. The number of nitrogens with zero attached hydrogens (tertiary/aromatic N) is 2. The molecule has 27 heavy (non-hydrogen) atoms. The number of benzene rings is 1. The van der Waals surface area contributed by atoms with Gasteiger partial charge in [-0.25, -0.2) is 0 Å². The van der Waals surface area contributed by atoms with E-state index < -0.39 is 6.61 Å². The van der Waals surface area contributed by atoms with Gasteiger partial charge in [0.15, 0.2) is 17.5 Å². The predicted octanol–water partition coefficient (Wildman–Crippen LogP) is 2.16. The summed E-state index contributed by atoms with van der Waals surface area (Å²) in [6, 6.07) is 4.11. The van der Waals surface area contributed by atoms with Gasteiger partial charge in [-0.15, -0.1) is 0 Å². The molecule has 1 fully saturated rings. The average molecular weight is 384 g/mol. The standard InChI is InChI=1S/C18H26F2N4O3/c1-11(24(3)13-4-5-13)8-22-18(21-2)23-9-12-6-15-16(26-10-25-15)7-14(12)27-17(19)20/h6-7,11,13,17H,4-5,8-10H2,1-3H3,(H2,21,22,23). The van der Waals surface area contributed by atoms with Gasteiger partial charge in [0.25, 0.3) is 0 Å². The maximum absolute atomic E-state index is 12.7. The first kappa shape index (κ1) is 19.5. The highest BCUT2D eigenvalue weighted by atomic mass is 19.3. The Morgan fingerprint density at radius 1 is 1.30 bits per heavy atom. The van der Waals surface area contributed by atoms with E-state index in [9.17, 15) is 8.78 Å². The smallest absolute Gasteiger partial charge is 0.387 e. The van der Waals surface area contributed by atoms with Crippen molar-refractivity contribution in [2.45, 2.75) is 45.0 Å². The molecule has 3 rings (SSSR count). The minimum Gasteiger partial charge on any atom is -0.454 e. The molecule has 1 saturated carbocycles. The lowest BCUT2D eigenvalue weighted by Crippen LogP contribution is -2.45. The van der Waals surface area contributed by atoms with Gasteiger partial charge >= 0.3 is 6.61 Å². The normalized spacial score (nSPS) is 17.4. The highest BCUT2D eigenvalue weighted by molar-refractivity contribution is 5.79. The molecule has 2 N–H and O–H groups in total. The maximum atomic E-state index is 12.7. The molecule has 7 nitrogen and oxygen atoms in total. The summed E-state index contributed by atoms with van der Waals surface area (Å²) in [5, 5.41) is 6.40. The van der Waals surface area contributed by atoms with E-state index in [4.69, 9.17) is 9.47 Å². The van der Waals surface area contributed by atoms with Crippen LogP contribution in [0.4, 0.5) is 8.78 Å². The Labute approximate surface area is 157 Å². The van der Waals surface area contributed by atoms with Gasteiger partial charge < -0.3 is 24.8 Å². The number of nitrogens with one attached hydrogen (secondary N) is 2. The summed E-state index contributed by atoms with van der Waals surface area (Å²) >= 11 is 0. The second-order valence-corrected chi connectivity index (χ2v) is 6.74. The molecule has 0 radical (unpaired) electrons. The lowest BCUT2D eigenvalue weighted by atomic mass is 10.1. The first-order valence-electron chi connectivity index (χ1n) is 9.01. The first-order chi connectivity index (χ1) is 13.0. The number of halogens is 2. The van der Waals surface area contributed by atoms with E-state index in [2.05, 4.69) is 39.2 Å². The fourth-order valence-corrected chi connectivity index (χ4v) is 2.94. The van der Waals surface area contributed by atoms with Crippen LogP contribution >= 0.6 is 0 Å². The topological polar surface area (TPSA) is 67.4 Å². The van der Waals surface area contributed by atoms with Crippen molar-refractivity contribution >= 4 is 5.96 Å². The van der Waals surface area contributed by atoms with E-state index in [-0.39, 0.29) is 19.1 Å². The highest BCUT2D eigenvalue weighted by Gasteiger charge is 2.29. The van der Waals surface area contributed by atoms with Gasteiger partial charge in [0, 0.05) is 43.9 Å². The third kappa shape index (κ3) is 5.12. The number of ether oxygens (including phenoxy) is 3. The monoisotopic (exact) mass is 384 g/mol. The summed E-state index contributed by atoms with van der Waals surface area (Å²) in [5.41, 5.74) is 0.533. The lowest BCUT2D eigenvalue weighted by Gasteiger charge is -2.25. The molecule has 1 aliphatic carbocycles. The van der Waals surface area contributed by atoms with Crippen LogP contribution in [0.2, 0.25) is 0 Å². The Morgan fingerprint density at radius 2 is 2.00 bits per heavy atom. The first-order valence-corrected chi connectivity index (χ1v) is 9.01. The molecule has 1 heterocycles. The Morgan fingerprint density at radius 3 is 2.63 bits per heavy atom. The number of rotatable bonds is 8. The van der Waals surface area contributed by atoms with Crippen LogP contribution in [0.25, 0.3) is 0 Å². The number of guanidine groups is 1. The molecule has 2 aliphatic rings. The van der Waals surface area contributed by atoms with Crippen LogP contribution in [0.15, 0.2) is 17.1 Å². The lowest BCUT2D eigenvalue weighted by molar-refractivity contribution is -0.0505. The van der Waals surface area contributed by atoms with Crippen molar-refractivity contribution in [3.8, 4) is 17.2 Å². The quantitative estimate of drug-likeness (QED) is 0.529. The van der Waals surface area contributed by atoms with Gasteiger partial charge in [-0.2, -0.15) is 8.78 Å². The Balaban J connectivity index is 1.58. The molecule has 0 bridgehead atoms. The zero-order chi connectivity index (χ0) is 19.4. The van der Waals surface area contributed by atoms with Gasteiger partial charge in [0.1, 0.15) is 5.75 Å². The maximum Gasteiger partial charge on any atom is 0.387 e. The van der Waals surface area contributed by atoms with Crippen LogP contribution in [-0.4, -0.2) is 57.0 Å². The van der Waals surface area contributed by atoms with Crippen LogP contribution in [-0.2, 0) is 6.54 Å². The SMILES string of the molecule is CN=C(NCc1cc2c(cc1OC(F)F)OCO2)NCC(C)N(C)C1CC1. The molecule has 9 heteroatoms. The van der Waals surface area contributed by atoms with Crippen LogP contribution < -0.4 is 24.8 Å². The van der Waals surface area contributed by atoms with Crippen molar-refractivity contribution in [3.63, 3.8) is 0 Å². The van der Waals surface area contributed by atoms with Crippen molar-refractivity contribution in [1.82, 2.24) is 15.5 Å². The zero-order valence-electron chi connectivity index (χ0n) is 15.8. The van der Waals surface area contributed by atoms with Gasteiger partial charge in [0.2, 0.25) is 6.79 Å². The number of hydrogen-bond acceptors (Lipinski definition) is 5. The molecular weight excluding hydrogens is 358 g/mol. The van der Waals surface area contributed by atoms with Crippen LogP contribution in [0, 0.1) is 0 Å². The van der Waals surface area contributed by atoms with E-state index >= 15 is 0 Å². The fourth-order valence-electron chi connectivity index (χ4n) is 2.94. The summed E-state index contributed by atoms with van der Waals surface area (Å²) in [6.07, 6.45) is 2.51. The largest absolute Gasteiger partial charge is 0.454 e. The van der Waals surface area contributed by atoms with Gasteiger partial charge in [-0.05, 0) is 32.9 Å². The highest BCUT2D eigenvalue weighted by Crippen LogP contribution is 2.38. The van der Waals surface area contributed by atoms with E-state index in [1.807, 2.05) is 0 Å². The Hall–Kier alpha value is -2.29. The fraction of sp³-hybridized carbons (Fsp3) is 0.611. The average Bonchev–Trinajstić information content (AvgIpc) is 3.39. The summed E-state index contributed by atoms with van der Waals surface area (Å²) < 4.78 is 40.6. The van der Waals surface area contributed by atoms with Gasteiger partial charge in [-0.1, -0.05) is 0 Å². The molecule has 0 saturated heterocycles. The van der Waals surface area contributed by atoms with Crippen molar-refractivity contribution in [2.75, 3.05) is 27.4 Å². The second kappa shape index (κ2) is 8.60. The molecule has 1 aliphatic heterocycles. The van der Waals surface area contributed by atoms with Crippen molar-refractivity contribution in [2.24, 2.45) is 4.99 Å². The molecule has 0 amide bonds. The number of likely N-dealkylation sites (N-methyl/N-ethyl adjacent to an activating group) is 1. The summed E-state index contributed by atoms with van der Waals surface area (Å²) in [6.45, 7) is 0.292. The molecule has 150 valence electrons. The second-order valence-electron chi connectivity index (χ2n) is 6.74. The van der Waals surface area contributed by atoms with Gasteiger partial charge in [0.05, 0.1) is 0 Å². The summed E-state index contributed by atoms with van der Waals surface area (Å²) in [5.74, 6) is 1.55. The van der Waals surface area contributed by atoms with Crippen molar-refractivity contribution < 1.29 is 23.0 Å². The summed E-state index contributed by atoms with van der Waals surface area (Å²) in [7, 11) is 3.79. The minimum absolute atomic E-state index is 0.0547. The molecule has 0 spiro atoms. The van der Waals surface area contributed by atoms with Gasteiger partial charge in [-0.3, -0.25) is 9.89 Å². The van der Waals surface area contributed by atoms with Crippen LogP contribution in [0.3, 0.4) is 0 Å². The van der Waals surface area contributed by atoms with E-state index in [1.165, 1.54) is 18.9 Å².